The lowest BCUT2D eigenvalue weighted by molar-refractivity contribution is 0.624. The summed E-state index contributed by atoms with van der Waals surface area (Å²) in [4.78, 5) is 0. The third-order valence-corrected chi connectivity index (χ3v) is 2.30. The van der Waals surface area contributed by atoms with Gasteiger partial charge in [0, 0.05) is 10.0 Å². The van der Waals surface area contributed by atoms with Crippen LogP contribution in [0.15, 0.2) is 28.7 Å². The summed E-state index contributed by atoms with van der Waals surface area (Å²) < 4.78 is 14.0. The van der Waals surface area contributed by atoms with Crippen molar-refractivity contribution in [3.63, 3.8) is 0 Å². The Bertz CT molecular complexity index is 310. The van der Waals surface area contributed by atoms with E-state index in [-0.39, 0.29) is 5.82 Å². The van der Waals surface area contributed by atoms with Gasteiger partial charge < -0.3 is 0 Å². The fraction of sp³-hybridized carbons (Fsp3) is 0.200. The maximum atomic E-state index is 13.1. The highest BCUT2D eigenvalue weighted by atomic mass is 79.9. The van der Waals surface area contributed by atoms with Crippen molar-refractivity contribution in [1.82, 2.24) is 0 Å². The van der Waals surface area contributed by atoms with Crippen LogP contribution in [0.1, 0.15) is 12.0 Å². The van der Waals surface area contributed by atoms with E-state index >= 15 is 0 Å². The minimum Gasteiger partial charge on any atom is -0.206 e. The van der Waals surface area contributed by atoms with E-state index in [1.54, 1.807) is 18.2 Å². The van der Waals surface area contributed by atoms with Crippen LogP contribution in [0.2, 0.25) is 0 Å². The summed E-state index contributed by atoms with van der Waals surface area (Å²) in [6.45, 7) is 0. The fourth-order valence-corrected chi connectivity index (χ4v) is 1.46. The van der Waals surface area contributed by atoms with E-state index in [1.807, 2.05) is 6.08 Å². The molecule has 1 aromatic rings. The maximum Gasteiger partial charge on any atom is 0.130 e. The minimum atomic E-state index is -0.196. The molecule has 0 heterocycles. The fourth-order valence-electron chi connectivity index (χ4n) is 0.927. The summed E-state index contributed by atoms with van der Waals surface area (Å²) in [5.41, 5.74) is 0.608. The second-order valence-electron chi connectivity index (χ2n) is 2.58. The van der Waals surface area contributed by atoms with Crippen LogP contribution in [0.5, 0.6) is 0 Å². The second-order valence-corrected chi connectivity index (χ2v) is 3.94. The summed E-state index contributed by atoms with van der Waals surface area (Å²) in [7, 11) is 0. The van der Waals surface area contributed by atoms with E-state index in [1.165, 1.54) is 6.07 Å². The van der Waals surface area contributed by atoms with Crippen molar-refractivity contribution in [2.24, 2.45) is 0 Å². The van der Waals surface area contributed by atoms with Gasteiger partial charge in [0.25, 0.3) is 0 Å². The molecule has 1 aromatic carbocycles. The van der Waals surface area contributed by atoms with Crippen LogP contribution >= 0.6 is 28.6 Å². The highest BCUT2D eigenvalue weighted by molar-refractivity contribution is 9.10. The van der Waals surface area contributed by atoms with Gasteiger partial charge >= 0.3 is 0 Å². The summed E-state index contributed by atoms with van der Waals surface area (Å²) in [6.07, 6.45) is 4.54. The molecule has 0 radical (unpaired) electrons. The summed E-state index contributed by atoms with van der Waals surface area (Å²) in [6, 6.07) is 4.89. The van der Waals surface area contributed by atoms with Crippen LogP contribution in [0.3, 0.4) is 0 Å². The highest BCUT2D eigenvalue weighted by Gasteiger charge is 1.97. The van der Waals surface area contributed by atoms with Crippen LogP contribution in [-0.2, 0) is 0 Å². The van der Waals surface area contributed by atoms with Crippen molar-refractivity contribution in [1.29, 1.82) is 0 Å². The summed E-state index contributed by atoms with van der Waals surface area (Å²) >= 11 is 7.35. The van der Waals surface area contributed by atoms with E-state index in [0.29, 0.717) is 5.56 Å². The van der Waals surface area contributed by atoms with E-state index in [4.69, 9.17) is 0 Å². The lowest BCUT2D eigenvalue weighted by atomic mass is 10.2. The molecule has 3 heteroatoms. The van der Waals surface area contributed by atoms with Crippen molar-refractivity contribution in [2.75, 3.05) is 5.75 Å². The van der Waals surface area contributed by atoms with Gasteiger partial charge in [0.05, 0.1) is 0 Å². The Kier molecular flexibility index (Phi) is 4.53. The van der Waals surface area contributed by atoms with Crippen LogP contribution in [0.4, 0.5) is 4.39 Å². The summed E-state index contributed by atoms with van der Waals surface area (Å²) in [5, 5.41) is 0. The predicted octanol–water partition coefficient (Wildman–Crippen LogP) is 3.92. The number of hydrogen-bond acceptors (Lipinski definition) is 1. The molecule has 0 aliphatic rings. The third-order valence-electron chi connectivity index (χ3n) is 1.55. The molecule has 0 aliphatic heterocycles. The van der Waals surface area contributed by atoms with E-state index in [9.17, 15) is 4.39 Å². The molecule has 0 aliphatic carbocycles. The van der Waals surface area contributed by atoms with Crippen molar-refractivity contribution >= 4 is 34.6 Å². The Morgan fingerprint density at radius 2 is 2.23 bits per heavy atom. The first-order valence-electron chi connectivity index (χ1n) is 3.96. The molecule has 0 spiro atoms. The largest absolute Gasteiger partial charge is 0.206 e. The van der Waals surface area contributed by atoms with Gasteiger partial charge in [0.15, 0.2) is 0 Å². The smallest absolute Gasteiger partial charge is 0.130 e. The lowest BCUT2D eigenvalue weighted by Crippen LogP contribution is -1.81. The van der Waals surface area contributed by atoms with Crippen LogP contribution in [0.25, 0.3) is 6.08 Å². The molecule has 13 heavy (non-hydrogen) atoms. The normalized spacial score (nSPS) is 11.0. The van der Waals surface area contributed by atoms with Gasteiger partial charge in [0.2, 0.25) is 0 Å². The van der Waals surface area contributed by atoms with Gasteiger partial charge in [-0.2, -0.15) is 12.6 Å². The van der Waals surface area contributed by atoms with Gasteiger partial charge in [-0.1, -0.05) is 28.1 Å². The molecule has 0 atom stereocenters. The van der Waals surface area contributed by atoms with Crippen molar-refractivity contribution in [3.8, 4) is 0 Å². The SMILES string of the molecule is Fc1ccc(Br)cc1C=CCCS. The Balaban J connectivity index is 2.81. The number of benzene rings is 1. The van der Waals surface area contributed by atoms with Gasteiger partial charge in [-0.05, 0) is 30.4 Å². The quantitative estimate of drug-likeness (QED) is 0.783. The lowest BCUT2D eigenvalue weighted by Gasteiger charge is -1.97. The van der Waals surface area contributed by atoms with Crippen molar-refractivity contribution in [3.05, 3.63) is 40.1 Å². The van der Waals surface area contributed by atoms with Gasteiger partial charge in [0.1, 0.15) is 5.82 Å². The monoisotopic (exact) mass is 260 g/mol. The first kappa shape index (κ1) is 10.8. The van der Waals surface area contributed by atoms with E-state index < -0.39 is 0 Å². The Morgan fingerprint density at radius 3 is 2.92 bits per heavy atom. The summed E-state index contributed by atoms with van der Waals surface area (Å²) in [5.74, 6) is 0.588. The third kappa shape index (κ3) is 3.53. The van der Waals surface area contributed by atoms with Gasteiger partial charge in [-0.25, -0.2) is 4.39 Å². The Labute approximate surface area is 91.4 Å². The zero-order chi connectivity index (χ0) is 9.68. The molecule has 0 nitrogen and oxygen atoms in total. The Hall–Kier alpha value is -0.280. The first-order chi connectivity index (χ1) is 6.24. The topological polar surface area (TPSA) is 0 Å². The number of allylic oxidation sites excluding steroid dienone is 1. The average Bonchev–Trinajstić information content (AvgIpc) is 2.11. The zero-order valence-electron chi connectivity index (χ0n) is 7.00. The molecule has 0 fully saturated rings. The molecule has 0 bridgehead atoms. The zero-order valence-corrected chi connectivity index (χ0v) is 9.48. The Morgan fingerprint density at radius 1 is 1.46 bits per heavy atom. The van der Waals surface area contributed by atoms with Gasteiger partial charge in [-0.3, -0.25) is 0 Å². The second kappa shape index (κ2) is 5.45. The first-order valence-corrected chi connectivity index (χ1v) is 5.39. The molecule has 0 amide bonds. The molecule has 70 valence electrons. The van der Waals surface area contributed by atoms with E-state index in [2.05, 4.69) is 28.6 Å². The van der Waals surface area contributed by atoms with Crippen LogP contribution < -0.4 is 0 Å². The number of hydrogen-bond donors (Lipinski definition) is 1. The standard InChI is InChI=1S/C10H10BrFS/c11-9-4-5-10(12)8(7-9)3-1-2-6-13/h1,3-5,7,13H,2,6H2. The van der Waals surface area contributed by atoms with Gasteiger partial charge in [-0.15, -0.1) is 0 Å². The number of thiol groups is 1. The van der Waals surface area contributed by atoms with Crippen molar-refractivity contribution < 1.29 is 4.39 Å². The molecular formula is C10H10BrFS. The molecule has 0 unspecified atom stereocenters. The molecule has 0 saturated heterocycles. The maximum absolute atomic E-state index is 13.1. The molecule has 0 N–H and O–H groups in total. The average molecular weight is 261 g/mol. The number of halogens is 2. The highest BCUT2D eigenvalue weighted by Crippen LogP contribution is 2.16. The molecule has 1 rings (SSSR count). The van der Waals surface area contributed by atoms with E-state index in [0.717, 1.165) is 16.6 Å². The molecule has 0 saturated carbocycles. The van der Waals surface area contributed by atoms with Crippen LogP contribution in [0, 0.1) is 5.82 Å². The van der Waals surface area contributed by atoms with Crippen molar-refractivity contribution in [2.45, 2.75) is 6.42 Å². The predicted molar refractivity (Wildman–Crippen MR) is 61.6 cm³/mol. The van der Waals surface area contributed by atoms with Crippen LogP contribution in [-0.4, -0.2) is 5.75 Å². The minimum absolute atomic E-state index is 0.196. The number of rotatable bonds is 3. The molecule has 0 aromatic heterocycles. The molecular weight excluding hydrogens is 251 g/mol.